The van der Waals surface area contributed by atoms with Crippen molar-refractivity contribution in [2.24, 2.45) is 5.73 Å². The average Bonchev–Trinajstić information content (AvgIpc) is 2.76. The van der Waals surface area contributed by atoms with Gasteiger partial charge in [-0.05, 0) is 0 Å². The number of carbonyl (C=O) groups is 2. The second kappa shape index (κ2) is 5.45. The number of hydrogen-bond acceptors (Lipinski definition) is 6. The Morgan fingerprint density at radius 1 is 1.37 bits per heavy atom. The molecule has 0 spiro atoms. The number of nitrogens with two attached hydrogens (primary N) is 2. The molecule has 2 rings (SSSR count). The highest BCUT2D eigenvalue weighted by molar-refractivity contribution is 7.19. The predicted molar refractivity (Wildman–Crippen MR) is 75.7 cm³/mol. The summed E-state index contributed by atoms with van der Waals surface area (Å²) >= 11 is 1.21. The van der Waals surface area contributed by atoms with Gasteiger partial charge >= 0.3 is 0 Å². The first kappa shape index (κ1) is 13.6. The molecule has 0 atom stereocenters. The monoisotopic (exact) mass is 283 g/mol. The molecule has 1 aromatic heterocycles. The van der Waals surface area contributed by atoms with E-state index in [0.717, 1.165) is 26.2 Å². The van der Waals surface area contributed by atoms with Crippen LogP contribution in [0.15, 0.2) is 0 Å². The van der Waals surface area contributed by atoms with E-state index in [9.17, 15) is 9.59 Å². The van der Waals surface area contributed by atoms with Gasteiger partial charge in [0.2, 0.25) is 0 Å². The highest BCUT2D eigenvalue weighted by Crippen LogP contribution is 2.38. The van der Waals surface area contributed by atoms with Gasteiger partial charge in [-0.15, -0.1) is 11.3 Å². The van der Waals surface area contributed by atoms with Crippen LogP contribution in [0.4, 0.5) is 10.7 Å². The smallest absolute Gasteiger partial charge is 0.263 e. The van der Waals surface area contributed by atoms with Crippen LogP contribution in [-0.2, 0) is 0 Å². The number of primary amides is 1. The molecule has 19 heavy (non-hydrogen) atoms. The molecular weight excluding hydrogens is 266 g/mol. The first-order valence-electron chi connectivity index (χ1n) is 5.96. The van der Waals surface area contributed by atoms with E-state index in [1.165, 1.54) is 18.4 Å². The number of hydrogen-bond donors (Lipinski definition) is 4. The van der Waals surface area contributed by atoms with Crippen molar-refractivity contribution in [3.63, 3.8) is 0 Å². The number of carbonyl (C=O) groups excluding carboxylic acids is 2. The number of nitrogen functional groups attached to an aromatic ring is 1. The topological polar surface area (TPSA) is 113 Å². The predicted octanol–water partition coefficient (Wildman–Crippen LogP) is -0.802. The quantitative estimate of drug-likeness (QED) is 0.580. The van der Waals surface area contributed by atoms with Gasteiger partial charge in [-0.3, -0.25) is 9.59 Å². The highest BCUT2D eigenvalue weighted by Gasteiger charge is 2.27. The van der Waals surface area contributed by atoms with E-state index in [4.69, 9.17) is 11.5 Å². The van der Waals surface area contributed by atoms with Gasteiger partial charge in [-0.1, -0.05) is 0 Å². The van der Waals surface area contributed by atoms with Gasteiger partial charge in [-0.2, -0.15) is 0 Å². The molecule has 0 saturated carbocycles. The zero-order valence-corrected chi connectivity index (χ0v) is 11.5. The Balaban J connectivity index is 2.46. The average molecular weight is 283 g/mol. The standard InChI is InChI=1S/C11H17N5O2S/c1-14-10(18)8-7(12)6(9(13)17)11(19-8)16-4-2-15-3-5-16/h15H,2-5,12H2,1H3,(H2,13,17)(H,14,18). The van der Waals surface area contributed by atoms with E-state index in [-0.39, 0.29) is 17.2 Å². The summed E-state index contributed by atoms with van der Waals surface area (Å²) in [7, 11) is 1.52. The van der Waals surface area contributed by atoms with Crippen molar-refractivity contribution >= 4 is 33.8 Å². The van der Waals surface area contributed by atoms with E-state index >= 15 is 0 Å². The molecule has 1 aliphatic rings. The minimum atomic E-state index is -0.600. The fraction of sp³-hybridized carbons (Fsp3) is 0.455. The molecule has 2 heterocycles. The normalized spacial score (nSPS) is 15.3. The number of amides is 2. The van der Waals surface area contributed by atoms with Gasteiger partial charge in [-0.25, -0.2) is 0 Å². The number of rotatable bonds is 3. The molecule has 0 aromatic carbocycles. The minimum absolute atomic E-state index is 0.172. The number of nitrogens with zero attached hydrogens (tertiary/aromatic N) is 1. The zero-order valence-electron chi connectivity index (χ0n) is 10.7. The molecule has 104 valence electrons. The van der Waals surface area contributed by atoms with Crippen molar-refractivity contribution in [3.05, 3.63) is 10.4 Å². The summed E-state index contributed by atoms with van der Waals surface area (Å²) in [4.78, 5) is 25.7. The Labute approximate surface area is 114 Å². The Bertz CT molecular complexity index is 507. The van der Waals surface area contributed by atoms with Gasteiger partial charge in [0.1, 0.15) is 9.88 Å². The van der Waals surface area contributed by atoms with Gasteiger partial charge in [0.25, 0.3) is 11.8 Å². The Hall–Kier alpha value is -1.80. The molecule has 7 nitrogen and oxygen atoms in total. The van der Waals surface area contributed by atoms with Crippen LogP contribution in [0, 0.1) is 0 Å². The zero-order chi connectivity index (χ0) is 14.0. The van der Waals surface area contributed by atoms with Crippen LogP contribution in [0.5, 0.6) is 0 Å². The lowest BCUT2D eigenvalue weighted by atomic mass is 10.2. The Morgan fingerprint density at radius 2 is 2.00 bits per heavy atom. The summed E-state index contributed by atoms with van der Waals surface area (Å²) in [6, 6.07) is 0. The summed E-state index contributed by atoms with van der Waals surface area (Å²) in [5, 5.41) is 6.42. The van der Waals surface area contributed by atoms with Crippen LogP contribution in [0.2, 0.25) is 0 Å². The van der Waals surface area contributed by atoms with E-state index < -0.39 is 5.91 Å². The van der Waals surface area contributed by atoms with Gasteiger partial charge < -0.3 is 27.0 Å². The third kappa shape index (κ3) is 2.49. The molecular formula is C11H17N5O2S. The van der Waals surface area contributed by atoms with Crippen molar-refractivity contribution in [1.29, 1.82) is 0 Å². The lowest BCUT2D eigenvalue weighted by Gasteiger charge is -2.28. The minimum Gasteiger partial charge on any atom is -0.397 e. The largest absolute Gasteiger partial charge is 0.397 e. The maximum atomic E-state index is 11.7. The number of thiophene rings is 1. The van der Waals surface area contributed by atoms with Crippen molar-refractivity contribution in [2.45, 2.75) is 0 Å². The van der Waals surface area contributed by atoms with Crippen LogP contribution in [0.1, 0.15) is 20.0 Å². The van der Waals surface area contributed by atoms with Crippen LogP contribution >= 0.6 is 11.3 Å². The van der Waals surface area contributed by atoms with Crippen LogP contribution in [-0.4, -0.2) is 45.0 Å². The molecule has 6 N–H and O–H groups in total. The van der Waals surface area contributed by atoms with Gasteiger partial charge in [0.05, 0.1) is 11.3 Å². The third-order valence-corrected chi connectivity index (χ3v) is 4.28. The molecule has 0 bridgehead atoms. The molecule has 8 heteroatoms. The molecule has 0 unspecified atom stereocenters. The lowest BCUT2D eigenvalue weighted by Crippen LogP contribution is -2.43. The first-order valence-corrected chi connectivity index (χ1v) is 6.77. The number of nitrogens with one attached hydrogen (secondary N) is 2. The Kier molecular flexibility index (Phi) is 3.91. The number of anilines is 2. The molecule has 1 saturated heterocycles. The molecule has 1 aliphatic heterocycles. The van der Waals surface area contributed by atoms with Crippen molar-refractivity contribution in [3.8, 4) is 0 Å². The fourth-order valence-electron chi connectivity index (χ4n) is 2.04. The first-order chi connectivity index (χ1) is 9.06. The van der Waals surface area contributed by atoms with E-state index in [0.29, 0.717) is 9.88 Å². The molecule has 0 radical (unpaired) electrons. The lowest BCUT2D eigenvalue weighted by molar-refractivity contribution is 0.0967. The second-order valence-electron chi connectivity index (χ2n) is 4.21. The van der Waals surface area contributed by atoms with E-state index in [1.807, 2.05) is 4.90 Å². The van der Waals surface area contributed by atoms with Gasteiger partial charge in [0.15, 0.2) is 0 Å². The summed E-state index contributed by atoms with van der Waals surface area (Å²) in [5.41, 5.74) is 11.7. The maximum absolute atomic E-state index is 11.7. The second-order valence-corrected chi connectivity index (χ2v) is 5.20. The van der Waals surface area contributed by atoms with Gasteiger partial charge in [0, 0.05) is 33.2 Å². The number of piperazine rings is 1. The van der Waals surface area contributed by atoms with Crippen molar-refractivity contribution in [2.75, 3.05) is 43.9 Å². The van der Waals surface area contributed by atoms with Crippen molar-refractivity contribution in [1.82, 2.24) is 10.6 Å². The van der Waals surface area contributed by atoms with Crippen molar-refractivity contribution < 1.29 is 9.59 Å². The fourth-order valence-corrected chi connectivity index (χ4v) is 3.27. The molecule has 2 amide bonds. The van der Waals surface area contributed by atoms with E-state index in [2.05, 4.69) is 10.6 Å². The van der Waals surface area contributed by atoms with Crippen LogP contribution < -0.4 is 27.0 Å². The molecule has 1 fully saturated rings. The summed E-state index contributed by atoms with van der Waals surface area (Å²) in [5.74, 6) is -0.899. The van der Waals surface area contributed by atoms with Crippen LogP contribution in [0.25, 0.3) is 0 Å². The summed E-state index contributed by atoms with van der Waals surface area (Å²) in [6.07, 6.45) is 0. The molecule has 1 aromatic rings. The molecule has 0 aliphatic carbocycles. The SMILES string of the molecule is CNC(=O)c1sc(N2CCNCC2)c(C(N)=O)c1N. The summed E-state index contributed by atoms with van der Waals surface area (Å²) in [6.45, 7) is 3.16. The maximum Gasteiger partial charge on any atom is 0.263 e. The highest BCUT2D eigenvalue weighted by atomic mass is 32.1. The Morgan fingerprint density at radius 3 is 2.53 bits per heavy atom. The third-order valence-electron chi connectivity index (χ3n) is 3.01. The van der Waals surface area contributed by atoms with Crippen LogP contribution in [0.3, 0.4) is 0 Å². The van der Waals surface area contributed by atoms with E-state index in [1.54, 1.807) is 0 Å². The summed E-state index contributed by atoms with van der Waals surface area (Å²) < 4.78 is 0.